The van der Waals surface area contributed by atoms with Crippen LogP contribution in [0, 0.1) is 5.41 Å². The average molecular weight is 259 g/mol. The van der Waals surface area contributed by atoms with Gasteiger partial charge in [-0.1, -0.05) is 13.8 Å². The van der Waals surface area contributed by atoms with E-state index in [1.807, 2.05) is 24.5 Å². The molecule has 0 amide bonds. The van der Waals surface area contributed by atoms with Crippen LogP contribution in [0.15, 0.2) is 24.5 Å². The standard InChI is InChI=1S/C15H21N3O/c1-4-12-8-16-14-7-13(5-6-18(12)14)19-11-15(2)9-17(3)10-15/h5-8H,4,9-11H2,1-3H3. The van der Waals surface area contributed by atoms with Crippen LogP contribution >= 0.6 is 0 Å². The summed E-state index contributed by atoms with van der Waals surface area (Å²) in [6.45, 7) is 7.41. The van der Waals surface area contributed by atoms with Crippen molar-refractivity contribution < 1.29 is 4.74 Å². The van der Waals surface area contributed by atoms with Gasteiger partial charge in [0.25, 0.3) is 0 Å². The summed E-state index contributed by atoms with van der Waals surface area (Å²) in [6.07, 6.45) is 4.97. The van der Waals surface area contributed by atoms with Crippen LogP contribution < -0.4 is 4.74 Å². The van der Waals surface area contributed by atoms with Crippen LogP contribution in [0.3, 0.4) is 0 Å². The van der Waals surface area contributed by atoms with Crippen LogP contribution in [0.4, 0.5) is 0 Å². The van der Waals surface area contributed by atoms with Gasteiger partial charge in [-0.15, -0.1) is 0 Å². The van der Waals surface area contributed by atoms with Gasteiger partial charge in [0, 0.05) is 42.7 Å². The fourth-order valence-corrected chi connectivity index (χ4v) is 2.97. The normalized spacial score (nSPS) is 18.5. The van der Waals surface area contributed by atoms with Crippen LogP contribution in [0.2, 0.25) is 0 Å². The summed E-state index contributed by atoms with van der Waals surface area (Å²) in [5.41, 5.74) is 2.49. The van der Waals surface area contributed by atoms with Gasteiger partial charge >= 0.3 is 0 Å². The lowest BCUT2D eigenvalue weighted by Crippen LogP contribution is -2.55. The number of aryl methyl sites for hydroxylation is 1. The molecular weight excluding hydrogens is 238 g/mol. The zero-order chi connectivity index (χ0) is 13.5. The Morgan fingerprint density at radius 1 is 1.42 bits per heavy atom. The number of nitrogens with zero attached hydrogens (tertiary/aromatic N) is 3. The van der Waals surface area contributed by atoms with Crippen molar-refractivity contribution in [1.29, 1.82) is 0 Å². The molecule has 0 saturated carbocycles. The largest absolute Gasteiger partial charge is 0.493 e. The highest BCUT2D eigenvalue weighted by Gasteiger charge is 2.37. The smallest absolute Gasteiger partial charge is 0.140 e. The molecule has 0 radical (unpaired) electrons. The lowest BCUT2D eigenvalue weighted by atomic mass is 9.83. The van der Waals surface area contributed by atoms with E-state index < -0.39 is 0 Å². The average Bonchev–Trinajstić information content (AvgIpc) is 2.77. The zero-order valence-corrected chi connectivity index (χ0v) is 11.9. The Balaban J connectivity index is 1.72. The van der Waals surface area contributed by atoms with E-state index in [0.29, 0.717) is 5.41 Å². The molecule has 3 heterocycles. The first-order chi connectivity index (χ1) is 9.09. The number of hydrogen-bond donors (Lipinski definition) is 0. The number of rotatable bonds is 4. The van der Waals surface area contributed by atoms with Crippen LogP contribution in [0.25, 0.3) is 5.65 Å². The minimum absolute atomic E-state index is 0.297. The number of aromatic nitrogens is 2. The van der Waals surface area contributed by atoms with E-state index in [2.05, 4.69) is 35.2 Å². The highest BCUT2D eigenvalue weighted by Crippen LogP contribution is 2.29. The minimum atomic E-state index is 0.297. The molecule has 19 heavy (non-hydrogen) atoms. The molecule has 2 aromatic heterocycles. The molecule has 102 valence electrons. The molecule has 0 N–H and O–H groups in total. The van der Waals surface area contributed by atoms with Gasteiger partial charge in [-0.2, -0.15) is 0 Å². The molecule has 1 fully saturated rings. The monoisotopic (exact) mass is 259 g/mol. The van der Waals surface area contributed by atoms with Crippen molar-refractivity contribution in [3.63, 3.8) is 0 Å². The summed E-state index contributed by atoms with van der Waals surface area (Å²) in [5, 5.41) is 0. The van der Waals surface area contributed by atoms with Gasteiger partial charge in [0.1, 0.15) is 11.4 Å². The first kappa shape index (κ1) is 12.5. The summed E-state index contributed by atoms with van der Waals surface area (Å²) in [5.74, 6) is 0.913. The molecule has 4 nitrogen and oxygen atoms in total. The summed E-state index contributed by atoms with van der Waals surface area (Å²) in [6, 6.07) is 4.05. The van der Waals surface area contributed by atoms with E-state index >= 15 is 0 Å². The highest BCUT2D eigenvalue weighted by atomic mass is 16.5. The third kappa shape index (κ3) is 2.32. The van der Waals surface area contributed by atoms with Gasteiger partial charge in [-0.05, 0) is 19.5 Å². The van der Waals surface area contributed by atoms with Crippen molar-refractivity contribution in [2.24, 2.45) is 5.41 Å². The van der Waals surface area contributed by atoms with Crippen LogP contribution in [0.5, 0.6) is 5.75 Å². The lowest BCUT2D eigenvalue weighted by molar-refractivity contribution is -0.00136. The maximum atomic E-state index is 5.93. The molecule has 1 saturated heterocycles. The van der Waals surface area contributed by atoms with E-state index in [1.165, 1.54) is 5.69 Å². The third-order valence-electron chi connectivity index (χ3n) is 3.81. The van der Waals surface area contributed by atoms with Gasteiger partial charge in [-0.25, -0.2) is 4.98 Å². The van der Waals surface area contributed by atoms with Crippen molar-refractivity contribution >= 4 is 5.65 Å². The molecule has 0 spiro atoms. The maximum Gasteiger partial charge on any atom is 0.140 e. The van der Waals surface area contributed by atoms with E-state index in [4.69, 9.17) is 4.74 Å². The Kier molecular flexibility index (Phi) is 2.97. The number of imidazole rings is 1. The predicted octanol–water partition coefficient (Wildman–Crippen LogP) is 2.23. The number of likely N-dealkylation sites (tertiary alicyclic amines) is 1. The van der Waals surface area contributed by atoms with Crippen LogP contribution in [-0.4, -0.2) is 41.0 Å². The quantitative estimate of drug-likeness (QED) is 0.843. The SMILES string of the molecule is CCc1cnc2cc(OCC3(C)CN(C)C3)ccn12. The van der Waals surface area contributed by atoms with E-state index in [0.717, 1.165) is 37.5 Å². The van der Waals surface area contributed by atoms with Crippen molar-refractivity contribution in [3.05, 3.63) is 30.2 Å². The van der Waals surface area contributed by atoms with Gasteiger partial charge < -0.3 is 14.0 Å². The minimum Gasteiger partial charge on any atom is -0.493 e. The molecule has 0 aromatic carbocycles. The summed E-state index contributed by atoms with van der Waals surface area (Å²) in [4.78, 5) is 6.73. The van der Waals surface area contributed by atoms with Crippen molar-refractivity contribution in [3.8, 4) is 5.75 Å². The van der Waals surface area contributed by atoms with Crippen LogP contribution in [-0.2, 0) is 6.42 Å². The van der Waals surface area contributed by atoms with Crippen molar-refractivity contribution in [2.75, 3.05) is 26.7 Å². The van der Waals surface area contributed by atoms with E-state index in [9.17, 15) is 0 Å². The molecule has 0 bridgehead atoms. The van der Waals surface area contributed by atoms with Gasteiger partial charge in [-0.3, -0.25) is 0 Å². The second-order valence-electron chi connectivity index (χ2n) is 5.97. The van der Waals surface area contributed by atoms with Gasteiger partial charge in [0.2, 0.25) is 0 Å². The van der Waals surface area contributed by atoms with E-state index in [-0.39, 0.29) is 0 Å². The molecule has 1 aliphatic heterocycles. The Labute approximate surface area is 114 Å². The molecule has 3 rings (SSSR count). The number of pyridine rings is 1. The van der Waals surface area contributed by atoms with E-state index in [1.54, 1.807) is 0 Å². The Bertz CT molecular complexity index is 584. The Hall–Kier alpha value is -1.55. The molecule has 1 aliphatic rings. The summed E-state index contributed by atoms with van der Waals surface area (Å²) >= 11 is 0. The summed E-state index contributed by atoms with van der Waals surface area (Å²) < 4.78 is 8.05. The topological polar surface area (TPSA) is 29.8 Å². The van der Waals surface area contributed by atoms with Crippen molar-refractivity contribution in [2.45, 2.75) is 20.3 Å². The van der Waals surface area contributed by atoms with Crippen molar-refractivity contribution in [1.82, 2.24) is 14.3 Å². The number of ether oxygens (including phenoxy) is 1. The highest BCUT2D eigenvalue weighted by molar-refractivity contribution is 5.45. The first-order valence-electron chi connectivity index (χ1n) is 6.87. The number of hydrogen-bond acceptors (Lipinski definition) is 3. The second-order valence-corrected chi connectivity index (χ2v) is 5.97. The number of fused-ring (bicyclic) bond motifs is 1. The molecule has 4 heteroatoms. The third-order valence-corrected chi connectivity index (χ3v) is 3.81. The second kappa shape index (κ2) is 4.53. The summed E-state index contributed by atoms with van der Waals surface area (Å²) in [7, 11) is 2.14. The molecule has 0 aliphatic carbocycles. The van der Waals surface area contributed by atoms with Gasteiger partial charge in [0.05, 0.1) is 6.61 Å². The molecule has 0 atom stereocenters. The molecule has 0 unspecified atom stereocenters. The van der Waals surface area contributed by atoms with Gasteiger partial charge in [0.15, 0.2) is 0 Å². The predicted molar refractivity (Wildman–Crippen MR) is 75.7 cm³/mol. The lowest BCUT2D eigenvalue weighted by Gasteiger charge is -2.45. The fourth-order valence-electron chi connectivity index (χ4n) is 2.97. The first-order valence-corrected chi connectivity index (χ1v) is 6.87. The maximum absolute atomic E-state index is 5.93. The zero-order valence-electron chi connectivity index (χ0n) is 11.9. The fraction of sp³-hybridized carbons (Fsp3) is 0.533. The molecular formula is C15H21N3O. The molecule has 2 aromatic rings. The Morgan fingerprint density at radius 2 is 2.21 bits per heavy atom. The van der Waals surface area contributed by atoms with Crippen LogP contribution in [0.1, 0.15) is 19.5 Å². The Morgan fingerprint density at radius 3 is 2.89 bits per heavy atom.